The first-order valence-electron chi connectivity index (χ1n) is 24.8. The van der Waals surface area contributed by atoms with Crippen LogP contribution in [0.3, 0.4) is 0 Å². The number of nitrogens with zero attached hydrogens (tertiary/aromatic N) is 3. The summed E-state index contributed by atoms with van der Waals surface area (Å²) in [6, 6.07) is 71.3. The van der Waals surface area contributed by atoms with Crippen LogP contribution in [0.2, 0.25) is 0 Å². The second-order valence-corrected chi connectivity index (χ2v) is 20.4. The molecule has 0 amide bonds. The molecular weight excluding hydrogens is 811 g/mol. The van der Waals surface area contributed by atoms with E-state index in [-0.39, 0.29) is 10.8 Å². The van der Waals surface area contributed by atoms with Crippen LogP contribution in [0, 0.1) is 11.8 Å². The summed E-state index contributed by atoms with van der Waals surface area (Å²) in [6.07, 6.45) is 13.4. The average molecular weight is 868 g/mol. The van der Waals surface area contributed by atoms with Crippen molar-refractivity contribution in [2.45, 2.75) is 75.5 Å². The number of para-hydroxylation sites is 3. The standard InChI is InChI=1S/C64H57N3/c1-3-5-14-45-23-29-52(30-24-45)65(53-31-27-49(28-32-53)64-41-46-35-47(42-64)40-63(39-46,43-64)48-25-21-44(4-2)22-26-48)54-33-34-60-56(36-54)58-37-57-55-19-12-13-20-59(55)66(50-15-8-6-9-16-50)61(57)38-62(58)67(60)51-17-10-7-11-18-51/h4,6-13,15-34,36-38,46-47H,2-3,5,14,35,39-43H2,1H3. The topological polar surface area (TPSA) is 13.1 Å². The van der Waals surface area contributed by atoms with E-state index in [0.29, 0.717) is 0 Å². The monoisotopic (exact) mass is 867 g/mol. The number of benzene rings is 8. The van der Waals surface area contributed by atoms with Gasteiger partial charge in [-0.25, -0.2) is 0 Å². The van der Waals surface area contributed by atoms with Gasteiger partial charge in [-0.15, -0.1) is 0 Å². The van der Waals surface area contributed by atoms with Crippen molar-refractivity contribution in [3.8, 4) is 11.4 Å². The number of unbranched alkanes of at least 4 members (excludes halogenated alkanes) is 1. The predicted octanol–water partition coefficient (Wildman–Crippen LogP) is 17.1. The van der Waals surface area contributed by atoms with E-state index < -0.39 is 0 Å². The molecule has 4 fully saturated rings. The van der Waals surface area contributed by atoms with E-state index in [1.165, 1.54) is 129 Å². The lowest BCUT2D eigenvalue weighted by molar-refractivity contribution is -0.0281. The molecule has 0 N–H and O–H groups in total. The molecule has 4 saturated carbocycles. The van der Waals surface area contributed by atoms with Gasteiger partial charge in [0.25, 0.3) is 0 Å². The molecule has 0 spiro atoms. The first kappa shape index (κ1) is 40.2. The molecule has 328 valence electrons. The zero-order chi connectivity index (χ0) is 44.7. The predicted molar refractivity (Wildman–Crippen MR) is 283 cm³/mol. The molecule has 67 heavy (non-hydrogen) atoms. The van der Waals surface area contributed by atoms with Gasteiger partial charge >= 0.3 is 0 Å². The van der Waals surface area contributed by atoms with Gasteiger partial charge in [-0.05, 0) is 181 Å². The third-order valence-electron chi connectivity index (χ3n) is 16.4. The molecule has 0 saturated heterocycles. The lowest BCUT2D eigenvalue weighted by Crippen LogP contribution is -2.55. The van der Waals surface area contributed by atoms with Crippen molar-refractivity contribution in [1.29, 1.82) is 0 Å². The van der Waals surface area contributed by atoms with E-state index in [1.54, 1.807) is 5.56 Å². The second kappa shape index (κ2) is 15.8. The van der Waals surface area contributed by atoms with Gasteiger partial charge in [-0.1, -0.05) is 129 Å². The molecule has 4 bridgehead atoms. The quantitative estimate of drug-likeness (QED) is 0.126. The van der Waals surface area contributed by atoms with E-state index in [4.69, 9.17) is 0 Å². The van der Waals surface area contributed by atoms with Crippen LogP contribution in [-0.4, -0.2) is 9.13 Å². The van der Waals surface area contributed by atoms with Crippen LogP contribution < -0.4 is 4.90 Å². The highest BCUT2D eigenvalue weighted by atomic mass is 15.1. The minimum absolute atomic E-state index is 0.221. The van der Waals surface area contributed by atoms with Crippen LogP contribution in [0.25, 0.3) is 61.1 Å². The van der Waals surface area contributed by atoms with Crippen LogP contribution in [0.15, 0.2) is 195 Å². The number of aromatic nitrogens is 2. The third-order valence-corrected chi connectivity index (χ3v) is 16.4. The van der Waals surface area contributed by atoms with Gasteiger partial charge in [0.2, 0.25) is 0 Å². The Morgan fingerprint density at radius 1 is 0.507 bits per heavy atom. The van der Waals surface area contributed by atoms with Crippen LogP contribution in [0.4, 0.5) is 17.1 Å². The third kappa shape index (κ3) is 6.53. The summed E-state index contributed by atoms with van der Waals surface area (Å²) in [7, 11) is 0. The van der Waals surface area contributed by atoms with Gasteiger partial charge < -0.3 is 14.0 Å². The number of rotatable bonds is 11. The van der Waals surface area contributed by atoms with Gasteiger partial charge in [-0.2, -0.15) is 0 Å². The zero-order valence-corrected chi connectivity index (χ0v) is 38.5. The number of hydrogen-bond acceptors (Lipinski definition) is 1. The Morgan fingerprint density at radius 2 is 1.01 bits per heavy atom. The Morgan fingerprint density at radius 3 is 1.61 bits per heavy atom. The molecule has 4 aliphatic rings. The molecule has 3 heteroatoms. The molecule has 0 aliphatic heterocycles. The summed E-state index contributed by atoms with van der Waals surface area (Å²) in [5, 5.41) is 5.03. The van der Waals surface area contributed by atoms with Crippen molar-refractivity contribution in [3.05, 3.63) is 217 Å². The fourth-order valence-electron chi connectivity index (χ4n) is 13.8. The summed E-state index contributed by atoms with van der Waals surface area (Å²) in [6.45, 7) is 6.32. The maximum Gasteiger partial charge on any atom is 0.0562 e. The average Bonchev–Trinajstić information content (AvgIpc) is 3.87. The molecule has 2 heterocycles. The van der Waals surface area contributed by atoms with E-state index in [2.05, 4.69) is 216 Å². The highest BCUT2D eigenvalue weighted by Crippen LogP contribution is 2.66. The normalized spacial score (nSPS) is 20.9. The molecule has 3 nitrogen and oxygen atoms in total. The Hall–Kier alpha value is -7.10. The Bertz CT molecular complexity index is 3450. The van der Waals surface area contributed by atoms with Crippen molar-refractivity contribution in [2.75, 3.05) is 4.90 Å². The van der Waals surface area contributed by atoms with Gasteiger partial charge in [0.1, 0.15) is 0 Å². The summed E-state index contributed by atoms with van der Waals surface area (Å²) < 4.78 is 4.90. The minimum atomic E-state index is 0.221. The van der Waals surface area contributed by atoms with E-state index >= 15 is 0 Å². The van der Waals surface area contributed by atoms with Crippen LogP contribution in [-0.2, 0) is 17.3 Å². The van der Waals surface area contributed by atoms with Crippen LogP contribution >= 0.6 is 0 Å². The summed E-state index contributed by atoms with van der Waals surface area (Å²) >= 11 is 0. The first-order valence-corrected chi connectivity index (χ1v) is 24.8. The Kier molecular flexibility index (Phi) is 9.46. The van der Waals surface area contributed by atoms with Gasteiger partial charge in [0.15, 0.2) is 0 Å². The van der Waals surface area contributed by atoms with Crippen LogP contribution in [0.5, 0.6) is 0 Å². The zero-order valence-electron chi connectivity index (χ0n) is 38.5. The van der Waals surface area contributed by atoms with Crippen molar-refractivity contribution >= 4 is 66.7 Å². The number of aryl methyl sites for hydroxylation is 1. The molecule has 2 aromatic heterocycles. The maximum absolute atomic E-state index is 4.04. The highest BCUT2D eigenvalue weighted by Gasteiger charge is 2.58. The van der Waals surface area contributed by atoms with Gasteiger partial charge in [0.05, 0.1) is 22.1 Å². The highest BCUT2D eigenvalue weighted by molar-refractivity contribution is 6.19. The summed E-state index contributed by atoms with van der Waals surface area (Å²) in [5.74, 6) is 1.59. The van der Waals surface area contributed by atoms with Crippen molar-refractivity contribution in [1.82, 2.24) is 9.13 Å². The molecule has 10 aromatic rings. The smallest absolute Gasteiger partial charge is 0.0562 e. The summed E-state index contributed by atoms with van der Waals surface area (Å²) in [5.41, 5.74) is 16.9. The molecule has 14 rings (SSSR count). The first-order chi connectivity index (χ1) is 33.0. The maximum atomic E-state index is 4.04. The number of fused-ring (bicyclic) bond motifs is 6. The second-order valence-electron chi connectivity index (χ2n) is 20.4. The van der Waals surface area contributed by atoms with Crippen LogP contribution in [0.1, 0.15) is 80.5 Å². The fourth-order valence-corrected chi connectivity index (χ4v) is 13.8. The Balaban J connectivity index is 0.966. The largest absolute Gasteiger partial charge is 0.310 e. The lowest BCUT2D eigenvalue weighted by Gasteiger charge is -2.63. The summed E-state index contributed by atoms with van der Waals surface area (Å²) in [4.78, 5) is 2.50. The molecule has 2 atom stereocenters. The molecule has 4 aliphatic carbocycles. The van der Waals surface area contributed by atoms with Crippen molar-refractivity contribution < 1.29 is 0 Å². The minimum Gasteiger partial charge on any atom is -0.310 e. The lowest BCUT2D eigenvalue weighted by atomic mass is 9.42. The van der Waals surface area contributed by atoms with Crippen molar-refractivity contribution in [2.24, 2.45) is 11.8 Å². The van der Waals surface area contributed by atoms with E-state index in [9.17, 15) is 0 Å². The molecule has 2 unspecified atom stereocenters. The van der Waals surface area contributed by atoms with E-state index in [1.807, 2.05) is 6.08 Å². The van der Waals surface area contributed by atoms with E-state index in [0.717, 1.165) is 29.6 Å². The number of anilines is 3. The molecule has 8 aromatic carbocycles. The molecule has 0 radical (unpaired) electrons. The SMILES string of the molecule is C=Cc1ccc(C23CC4CC(C2)CC(c2ccc(N(c5ccc(CCCC)cc5)c5ccc6c(c5)c5cc7c8ccccc8n(-c8ccccc8)c7cc5n6-c5ccccc5)cc2)(C4)C3)cc1. The van der Waals surface area contributed by atoms with Crippen molar-refractivity contribution in [3.63, 3.8) is 0 Å². The Labute approximate surface area is 394 Å². The van der Waals surface area contributed by atoms with Gasteiger partial charge in [0, 0.05) is 50.0 Å². The fraction of sp³-hybridized carbons (Fsp3) is 0.219. The molecular formula is C64H57N3. The van der Waals surface area contributed by atoms with Gasteiger partial charge in [-0.3, -0.25) is 0 Å². The number of hydrogen-bond donors (Lipinski definition) is 0.